The molecule has 0 aliphatic carbocycles. The van der Waals surface area contributed by atoms with Crippen molar-refractivity contribution in [1.29, 1.82) is 0 Å². The molecule has 0 aliphatic heterocycles. The van der Waals surface area contributed by atoms with E-state index in [2.05, 4.69) is 21.2 Å². The highest BCUT2D eigenvalue weighted by Gasteiger charge is 2.07. The molecule has 0 aliphatic rings. The summed E-state index contributed by atoms with van der Waals surface area (Å²) >= 11 is 3.19. The van der Waals surface area contributed by atoms with Crippen molar-refractivity contribution < 1.29 is 9.18 Å². The molecule has 0 heterocycles. The maximum Gasteiger partial charge on any atom is 0.234 e. The van der Waals surface area contributed by atoms with Gasteiger partial charge in [0.2, 0.25) is 5.91 Å². The predicted molar refractivity (Wildman–Crippen MR) is 59.6 cm³/mol. The Labute approximate surface area is 96.0 Å². The largest absolute Gasteiger partial charge is 0.368 e. The Morgan fingerprint density at radius 2 is 2.27 bits per heavy atom. The summed E-state index contributed by atoms with van der Waals surface area (Å²) in [6, 6.07) is 4.14. The van der Waals surface area contributed by atoms with Crippen LogP contribution in [0.4, 0.5) is 4.39 Å². The molecule has 0 fully saturated rings. The van der Waals surface area contributed by atoms with E-state index in [0.717, 1.165) is 5.56 Å². The van der Waals surface area contributed by atoms with Crippen molar-refractivity contribution in [2.24, 2.45) is 5.73 Å². The maximum atomic E-state index is 13.0. The number of carbonyl (C=O) groups is 1. The zero-order valence-corrected chi connectivity index (χ0v) is 9.84. The van der Waals surface area contributed by atoms with E-state index in [-0.39, 0.29) is 5.82 Å². The average Bonchev–Trinajstić information content (AvgIpc) is 2.12. The number of primary amides is 1. The Bertz CT molecular complexity index is 350. The smallest absolute Gasteiger partial charge is 0.234 e. The van der Waals surface area contributed by atoms with Crippen LogP contribution in [0.25, 0.3) is 0 Å². The first-order valence-electron chi connectivity index (χ1n) is 4.46. The molecular formula is C10H12BrFN2O. The lowest BCUT2D eigenvalue weighted by molar-refractivity contribution is -0.119. The highest BCUT2D eigenvalue weighted by atomic mass is 79.9. The molecule has 82 valence electrons. The zero-order valence-electron chi connectivity index (χ0n) is 8.26. The number of nitrogens with two attached hydrogens (primary N) is 1. The quantitative estimate of drug-likeness (QED) is 0.876. The first-order valence-corrected chi connectivity index (χ1v) is 5.26. The molecular weight excluding hydrogens is 263 g/mol. The molecule has 0 spiro atoms. The van der Waals surface area contributed by atoms with Gasteiger partial charge in [0.25, 0.3) is 0 Å². The van der Waals surface area contributed by atoms with Gasteiger partial charge in [-0.3, -0.25) is 4.79 Å². The van der Waals surface area contributed by atoms with Crippen molar-refractivity contribution in [3.05, 3.63) is 34.1 Å². The van der Waals surface area contributed by atoms with Gasteiger partial charge in [-0.2, -0.15) is 0 Å². The molecule has 0 saturated heterocycles. The molecule has 15 heavy (non-hydrogen) atoms. The molecule has 1 rings (SSSR count). The topological polar surface area (TPSA) is 55.1 Å². The second kappa shape index (κ2) is 5.23. The van der Waals surface area contributed by atoms with Gasteiger partial charge in [0.15, 0.2) is 0 Å². The second-order valence-corrected chi connectivity index (χ2v) is 4.20. The van der Waals surface area contributed by atoms with Gasteiger partial charge in [0, 0.05) is 11.0 Å². The van der Waals surface area contributed by atoms with E-state index in [1.165, 1.54) is 12.1 Å². The van der Waals surface area contributed by atoms with Crippen molar-refractivity contribution in [3.8, 4) is 0 Å². The summed E-state index contributed by atoms with van der Waals surface area (Å²) in [7, 11) is 0. The van der Waals surface area contributed by atoms with Gasteiger partial charge in [-0.15, -0.1) is 0 Å². The fraction of sp³-hybridized carbons (Fsp3) is 0.300. The van der Waals surface area contributed by atoms with E-state index < -0.39 is 11.9 Å². The lowest BCUT2D eigenvalue weighted by atomic mass is 10.2. The zero-order chi connectivity index (χ0) is 11.4. The van der Waals surface area contributed by atoms with Gasteiger partial charge in [-0.05, 0) is 30.7 Å². The molecule has 1 aromatic rings. The fourth-order valence-corrected chi connectivity index (χ4v) is 1.60. The van der Waals surface area contributed by atoms with Crippen LogP contribution in [0.3, 0.4) is 0 Å². The van der Waals surface area contributed by atoms with E-state index in [4.69, 9.17) is 5.73 Å². The van der Waals surface area contributed by atoms with Gasteiger partial charge in [0.05, 0.1) is 6.04 Å². The standard InChI is InChI=1S/C10H12BrFN2O/c1-6(10(13)15)14-5-7-2-8(11)4-9(12)3-7/h2-4,6,14H,5H2,1H3,(H2,13,15). The maximum absolute atomic E-state index is 13.0. The number of carbonyl (C=O) groups excluding carboxylic acids is 1. The van der Waals surface area contributed by atoms with Crippen LogP contribution in [0.1, 0.15) is 12.5 Å². The third kappa shape index (κ3) is 3.97. The van der Waals surface area contributed by atoms with Crippen molar-refractivity contribution >= 4 is 21.8 Å². The Morgan fingerprint density at radius 3 is 2.80 bits per heavy atom. The Hall–Kier alpha value is -0.940. The van der Waals surface area contributed by atoms with Crippen LogP contribution in [0.2, 0.25) is 0 Å². The van der Waals surface area contributed by atoms with Crippen LogP contribution in [-0.4, -0.2) is 11.9 Å². The van der Waals surface area contributed by atoms with Crippen LogP contribution in [0, 0.1) is 5.82 Å². The Kier molecular flexibility index (Phi) is 4.23. The number of halogens is 2. The number of nitrogens with one attached hydrogen (secondary N) is 1. The van der Waals surface area contributed by atoms with Crippen LogP contribution in [0.15, 0.2) is 22.7 Å². The SMILES string of the molecule is CC(NCc1cc(F)cc(Br)c1)C(N)=O. The van der Waals surface area contributed by atoms with Crippen molar-refractivity contribution in [1.82, 2.24) is 5.32 Å². The van der Waals surface area contributed by atoms with Gasteiger partial charge in [-0.1, -0.05) is 15.9 Å². The summed E-state index contributed by atoms with van der Waals surface area (Å²) in [5.41, 5.74) is 5.83. The van der Waals surface area contributed by atoms with Crippen molar-refractivity contribution in [2.45, 2.75) is 19.5 Å². The molecule has 1 unspecified atom stereocenters. The number of benzene rings is 1. The highest BCUT2D eigenvalue weighted by molar-refractivity contribution is 9.10. The van der Waals surface area contributed by atoms with Crippen molar-refractivity contribution in [3.63, 3.8) is 0 Å². The van der Waals surface area contributed by atoms with Crippen LogP contribution < -0.4 is 11.1 Å². The first-order chi connectivity index (χ1) is 6.99. The highest BCUT2D eigenvalue weighted by Crippen LogP contribution is 2.14. The molecule has 1 amide bonds. The summed E-state index contributed by atoms with van der Waals surface area (Å²) in [6.45, 7) is 2.07. The molecule has 0 radical (unpaired) electrons. The molecule has 0 aromatic heterocycles. The number of rotatable bonds is 4. The summed E-state index contributed by atoms with van der Waals surface area (Å²) in [4.78, 5) is 10.7. The number of hydrogen-bond acceptors (Lipinski definition) is 2. The minimum atomic E-state index is -0.425. The summed E-state index contributed by atoms with van der Waals surface area (Å²) < 4.78 is 13.6. The molecule has 1 atom stereocenters. The van der Waals surface area contributed by atoms with E-state index in [9.17, 15) is 9.18 Å². The van der Waals surface area contributed by atoms with Crippen LogP contribution in [-0.2, 0) is 11.3 Å². The van der Waals surface area contributed by atoms with Gasteiger partial charge in [-0.25, -0.2) is 4.39 Å². The van der Waals surface area contributed by atoms with Gasteiger partial charge in [0.1, 0.15) is 5.82 Å². The molecule has 3 nitrogen and oxygen atoms in total. The van der Waals surface area contributed by atoms with Gasteiger partial charge < -0.3 is 11.1 Å². The molecule has 0 bridgehead atoms. The van der Waals surface area contributed by atoms with Gasteiger partial charge >= 0.3 is 0 Å². The second-order valence-electron chi connectivity index (χ2n) is 3.28. The minimum absolute atomic E-state index is 0.312. The van der Waals surface area contributed by atoms with E-state index in [0.29, 0.717) is 11.0 Å². The summed E-state index contributed by atoms with van der Waals surface area (Å²) in [6.07, 6.45) is 0. The lowest BCUT2D eigenvalue weighted by Crippen LogP contribution is -2.38. The van der Waals surface area contributed by atoms with Crippen molar-refractivity contribution in [2.75, 3.05) is 0 Å². The normalized spacial score (nSPS) is 12.5. The monoisotopic (exact) mass is 274 g/mol. The van der Waals surface area contributed by atoms with E-state index in [1.54, 1.807) is 13.0 Å². The fourth-order valence-electron chi connectivity index (χ4n) is 1.08. The third-order valence-corrected chi connectivity index (χ3v) is 2.42. The molecule has 5 heteroatoms. The number of hydrogen-bond donors (Lipinski definition) is 2. The minimum Gasteiger partial charge on any atom is -0.368 e. The molecule has 0 saturated carbocycles. The first kappa shape index (κ1) is 12.1. The number of amides is 1. The van der Waals surface area contributed by atoms with Crippen LogP contribution >= 0.6 is 15.9 Å². The van der Waals surface area contributed by atoms with Crippen LogP contribution in [0.5, 0.6) is 0 Å². The molecule has 3 N–H and O–H groups in total. The Morgan fingerprint density at radius 1 is 1.60 bits per heavy atom. The summed E-state index contributed by atoms with van der Waals surface area (Å²) in [5, 5.41) is 2.89. The average molecular weight is 275 g/mol. The summed E-state index contributed by atoms with van der Waals surface area (Å²) in [5.74, 6) is -0.738. The predicted octanol–water partition coefficient (Wildman–Crippen LogP) is 1.55. The lowest BCUT2D eigenvalue weighted by Gasteiger charge is -2.10. The van der Waals surface area contributed by atoms with E-state index in [1.807, 2.05) is 0 Å². The molecule has 1 aromatic carbocycles. The van der Waals surface area contributed by atoms with E-state index >= 15 is 0 Å². The Balaban J connectivity index is 2.61. The third-order valence-electron chi connectivity index (χ3n) is 1.96.